The zero-order chi connectivity index (χ0) is 19.1. The molecule has 1 saturated carbocycles. The monoisotopic (exact) mass is 379 g/mol. The lowest BCUT2D eigenvalue weighted by molar-refractivity contribution is -0.143. The van der Waals surface area contributed by atoms with E-state index in [-0.39, 0.29) is 12.0 Å². The van der Waals surface area contributed by atoms with Gasteiger partial charge in [-0.15, -0.1) is 0 Å². The SMILES string of the molecule is O=C(O)[C@@H]1CCC2CN(Cc3ccc([C@H]4COc5ccccc5O4)cc3)C[C@H]21. The minimum atomic E-state index is -0.616. The van der Waals surface area contributed by atoms with E-state index in [9.17, 15) is 9.90 Å². The molecule has 2 aliphatic heterocycles. The molecule has 3 aliphatic rings. The maximum absolute atomic E-state index is 11.4. The van der Waals surface area contributed by atoms with Crippen LogP contribution in [0, 0.1) is 17.8 Å². The average Bonchev–Trinajstić information content (AvgIpc) is 3.28. The summed E-state index contributed by atoms with van der Waals surface area (Å²) in [6, 6.07) is 16.3. The standard InChI is InChI=1S/C23H25NO4/c25-23(26)18-10-9-17-12-24(13-19(17)18)11-15-5-7-16(8-6-15)22-14-27-20-3-1-2-4-21(20)28-22/h1-8,17-19,22H,9-14H2,(H,25,26)/t17?,18-,19-,22-/m1/s1. The molecule has 2 fully saturated rings. The summed E-state index contributed by atoms with van der Waals surface area (Å²) >= 11 is 0. The Kier molecular flexibility index (Phi) is 4.47. The third-order valence-corrected chi connectivity index (χ3v) is 6.52. The fourth-order valence-corrected chi connectivity index (χ4v) is 5.07. The van der Waals surface area contributed by atoms with Crippen LogP contribution in [0.3, 0.4) is 0 Å². The van der Waals surface area contributed by atoms with Gasteiger partial charge in [0, 0.05) is 19.6 Å². The average molecular weight is 379 g/mol. The minimum absolute atomic E-state index is 0.0913. The van der Waals surface area contributed by atoms with Crippen LogP contribution >= 0.6 is 0 Å². The predicted molar refractivity (Wildman–Crippen MR) is 104 cm³/mol. The molecule has 5 nitrogen and oxygen atoms in total. The summed E-state index contributed by atoms with van der Waals surface area (Å²) in [6.07, 6.45) is 1.81. The molecule has 5 heteroatoms. The lowest BCUT2D eigenvalue weighted by Gasteiger charge is -2.27. The fourth-order valence-electron chi connectivity index (χ4n) is 5.07. The first kappa shape index (κ1) is 17.6. The molecule has 0 spiro atoms. The highest BCUT2D eigenvalue weighted by Gasteiger charge is 2.45. The van der Waals surface area contributed by atoms with Crippen LogP contribution in [0.25, 0.3) is 0 Å². The number of carboxylic acids is 1. The van der Waals surface area contributed by atoms with Crippen molar-refractivity contribution in [1.29, 1.82) is 0 Å². The second-order valence-electron chi connectivity index (χ2n) is 8.25. The molecular weight excluding hydrogens is 354 g/mol. The summed E-state index contributed by atoms with van der Waals surface area (Å²) < 4.78 is 11.9. The molecule has 0 aromatic heterocycles. The van der Waals surface area contributed by atoms with Crippen molar-refractivity contribution in [1.82, 2.24) is 4.90 Å². The third kappa shape index (κ3) is 3.24. The quantitative estimate of drug-likeness (QED) is 0.877. The lowest BCUT2D eigenvalue weighted by atomic mass is 9.93. The van der Waals surface area contributed by atoms with E-state index in [1.54, 1.807) is 0 Å². The van der Waals surface area contributed by atoms with Gasteiger partial charge >= 0.3 is 5.97 Å². The van der Waals surface area contributed by atoms with Crippen LogP contribution < -0.4 is 9.47 Å². The Labute approximate surface area is 164 Å². The van der Waals surface area contributed by atoms with Gasteiger partial charge in [-0.3, -0.25) is 9.69 Å². The van der Waals surface area contributed by atoms with Gasteiger partial charge in [0.1, 0.15) is 6.61 Å². The predicted octanol–water partition coefficient (Wildman–Crippen LogP) is 3.74. The first-order chi connectivity index (χ1) is 13.7. The van der Waals surface area contributed by atoms with Crippen LogP contribution in [0.5, 0.6) is 11.5 Å². The Hall–Kier alpha value is -2.53. The van der Waals surface area contributed by atoms with Gasteiger partial charge in [0.15, 0.2) is 17.6 Å². The molecule has 2 aromatic rings. The molecule has 4 atom stereocenters. The van der Waals surface area contributed by atoms with E-state index in [1.807, 2.05) is 24.3 Å². The van der Waals surface area contributed by atoms with Gasteiger partial charge in [0.05, 0.1) is 5.92 Å². The summed E-state index contributed by atoms with van der Waals surface area (Å²) in [6.45, 7) is 3.32. The Morgan fingerprint density at radius 3 is 2.61 bits per heavy atom. The van der Waals surface area contributed by atoms with Crippen molar-refractivity contribution in [2.45, 2.75) is 25.5 Å². The second kappa shape index (κ2) is 7.13. The first-order valence-corrected chi connectivity index (χ1v) is 10.1. The van der Waals surface area contributed by atoms with E-state index in [2.05, 4.69) is 29.2 Å². The smallest absolute Gasteiger partial charge is 0.306 e. The van der Waals surface area contributed by atoms with E-state index in [0.717, 1.165) is 49.5 Å². The normalized spacial score (nSPS) is 28.9. The number of hydrogen-bond donors (Lipinski definition) is 1. The van der Waals surface area contributed by atoms with Crippen LogP contribution in [-0.4, -0.2) is 35.7 Å². The molecule has 0 bridgehead atoms. The van der Waals surface area contributed by atoms with Crippen molar-refractivity contribution in [3.8, 4) is 11.5 Å². The van der Waals surface area contributed by atoms with Crippen LogP contribution in [0.2, 0.25) is 0 Å². The van der Waals surface area contributed by atoms with E-state index in [0.29, 0.717) is 18.4 Å². The van der Waals surface area contributed by atoms with Crippen molar-refractivity contribution in [3.63, 3.8) is 0 Å². The van der Waals surface area contributed by atoms with Gasteiger partial charge in [0.25, 0.3) is 0 Å². The molecule has 1 unspecified atom stereocenters. The maximum Gasteiger partial charge on any atom is 0.306 e. The van der Waals surface area contributed by atoms with E-state index in [1.165, 1.54) is 5.56 Å². The van der Waals surface area contributed by atoms with Crippen LogP contribution in [0.4, 0.5) is 0 Å². The van der Waals surface area contributed by atoms with Crippen molar-refractivity contribution in [3.05, 3.63) is 59.7 Å². The number of carbonyl (C=O) groups is 1. The highest BCUT2D eigenvalue weighted by molar-refractivity contribution is 5.71. The highest BCUT2D eigenvalue weighted by Crippen LogP contribution is 2.42. The van der Waals surface area contributed by atoms with Gasteiger partial charge in [0.2, 0.25) is 0 Å². The number of nitrogens with zero attached hydrogens (tertiary/aromatic N) is 1. The Morgan fingerprint density at radius 2 is 1.82 bits per heavy atom. The van der Waals surface area contributed by atoms with E-state index in [4.69, 9.17) is 9.47 Å². The molecule has 0 radical (unpaired) electrons. The van der Waals surface area contributed by atoms with Crippen LogP contribution in [-0.2, 0) is 11.3 Å². The van der Waals surface area contributed by atoms with Gasteiger partial charge in [-0.1, -0.05) is 36.4 Å². The number of aliphatic carboxylic acids is 1. The fraction of sp³-hybridized carbons (Fsp3) is 0.435. The van der Waals surface area contributed by atoms with Crippen molar-refractivity contribution < 1.29 is 19.4 Å². The molecule has 146 valence electrons. The number of rotatable bonds is 4. The summed E-state index contributed by atoms with van der Waals surface area (Å²) in [4.78, 5) is 13.8. The van der Waals surface area contributed by atoms with Crippen molar-refractivity contribution in [2.24, 2.45) is 17.8 Å². The summed E-state index contributed by atoms with van der Waals surface area (Å²) in [5, 5.41) is 9.41. The Bertz CT molecular complexity index is 865. The molecule has 2 heterocycles. The van der Waals surface area contributed by atoms with Gasteiger partial charge in [-0.25, -0.2) is 0 Å². The largest absolute Gasteiger partial charge is 0.485 e. The van der Waals surface area contributed by atoms with E-state index < -0.39 is 5.97 Å². The number of ether oxygens (including phenoxy) is 2. The lowest BCUT2D eigenvalue weighted by Crippen LogP contribution is -2.26. The number of benzene rings is 2. The molecule has 1 N–H and O–H groups in total. The molecule has 2 aromatic carbocycles. The summed E-state index contributed by atoms with van der Waals surface area (Å²) in [5.41, 5.74) is 2.37. The molecule has 0 amide bonds. The van der Waals surface area contributed by atoms with Crippen molar-refractivity contribution in [2.75, 3.05) is 19.7 Å². The highest BCUT2D eigenvalue weighted by atomic mass is 16.6. The third-order valence-electron chi connectivity index (χ3n) is 6.52. The Balaban J connectivity index is 1.22. The molecule has 1 saturated heterocycles. The van der Waals surface area contributed by atoms with E-state index >= 15 is 0 Å². The van der Waals surface area contributed by atoms with Gasteiger partial charge in [-0.05, 0) is 47.9 Å². The summed E-state index contributed by atoms with van der Waals surface area (Å²) in [7, 11) is 0. The van der Waals surface area contributed by atoms with Crippen LogP contribution in [0.15, 0.2) is 48.5 Å². The number of fused-ring (bicyclic) bond motifs is 2. The Morgan fingerprint density at radius 1 is 1.04 bits per heavy atom. The summed E-state index contributed by atoms with van der Waals surface area (Å²) in [5.74, 6) is 1.70. The maximum atomic E-state index is 11.4. The number of likely N-dealkylation sites (tertiary alicyclic amines) is 1. The van der Waals surface area contributed by atoms with Gasteiger partial charge < -0.3 is 14.6 Å². The zero-order valence-electron chi connectivity index (χ0n) is 15.8. The second-order valence-corrected chi connectivity index (χ2v) is 8.25. The molecule has 1 aliphatic carbocycles. The topological polar surface area (TPSA) is 59.0 Å². The van der Waals surface area contributed by atoms with Gasteiger partial charge in [-0.2, -0.15) is 0 Å². The molecule has 28 heavy (non-hydrogen) atoms. The minimum Gasteiger partial charge on any atom is -0.485 e. The zero-order valence-corrected chi connectivity index (χ0v) is 15.8. The van der Waals surface area contributed by atoms with Crippen molar-refractivity contribution >= 4 is 5.97 Å². The number of carboxylic acid groups (broad SMARTS) is 1. The first-order valence-electron chi connectivity index (χ1n) is 10.1. The van der Waals surface area contributed by atoms with Crippen LogP contribution in [0.1, 0.15) is 30.1 Å². The molecule has 5 rings (SSSR count). The molecular formula is C23H25NO4. The number of para-hydroxylation sites is 2. The number of hydrogen-bond acceptors (Lipinski definition) is 4.